The molecule has 1 aromatic rings. The highest BCUT2D eigenvalue weighted by Crippen LogP contribution is 2.59. The number of carbonyl (C=O) groups excluding carboxylic acids is 1. The first kappa shape index (κ1) is 17.6. The first-order chi connectivity index (χ1) is 13.1. The lowest BCUT2D eigenvalue weighted by Gasteiger charge is -2.62. The van der Waals surface area contributed by atoms with Gasteiger partial charge in [-0.25, -0.2) is 0 Å². The Kier molecular flexibility index (Phi) is 4.10. The van der Waals surface area contributed by atoms with Gasteiger partial charge in [0.1, 0.15) is 11.3 Å². The second kappa shape index (κ2) is 6.28. The minimum atomic E-state index is -0.467. The number of rotatable bonds is 4. The maximum Gasteiger partial charge on any atom is 0.267 e. The van der Waals surface area contributed by atoms with E-state index in [-0.39, 0.29) is 5.60 Å². The number of primary amides is 1. The molecule has 4 fully saturated rings. The number of amides is 1. The molecule has 4 aliphatic rings. The monoisotopic (exact) mass is 369 g/mol. The van der Waals surface area contributed by atoms with Crippen molar-refractivity contribution in [3.63, 3.8) is 0 Å². The first-order valence-corrected chi connectivity index (χ1v) is 10.6. The van der Waals surface area contributed by atoms with Crippen molar-refractivity contribution in [1.29, 1.82) is 0 Å². The van der Waals surface area contributed by atoms with Crippen LogP contribution in [-0.4, -0.2) is 42.0 Å². The number of fused-ring (bicyclic) bond motifs is 2. The maximum atomic E-state index is 11.7. The van der Waals surface area contributed by atoms with E-state index in [4.69, 9.17) is 10.5 Å². The summed E-state index contributed by atoms with van der Waals surface area (Å²) in [7, 11) is 1.85. The summed E-state index contributed by atoms with van der Waals surface area (Å²) in [6.45, 7) is 2.22. The molecule has 3 saturated carbocycles. The lowest BCUT2D eigenvalue weighted by molar-refractivity contribution is -0.188. The summed E-state index contributed by atoms with van der Waals surface area (Å²) < 4.78 is 6.31. The lowest BCUT2D eigenvalue weighted by atomic mass is 9.53. The molecule has 0 radical (unpaired) electrons. The number of carbonyl (C=O) groups is 1. The molecule has 1 amide bonds. The molecule has 2 unspecified atom stereocenters. The Bertz CT molecular complexity index is 723. The Morgan fingerprint density at radius 3 is 2.48 bits per heavy atom. The Morgan fingerprint density at radius 2 is 1.93 bits per heavy atom. The summed E-state index contributed by atoms with van der Waals surface area (Å²) in [5.41, 5.74) is 7.34. The second-order valence-corrected chi connectivity index (χ2v) is 9.49. The Labute approximate surface area is 161 Å². The third-order valence-electron chi connectivity index (χ3n) is 8.30. The van der Waals surface area contributed by atoms with E-state index < -0.39 is 5.91 Å². The standard InChI is InChI=1S/C22H31N3O2/c1-27-22(15-6-9-24-19(10-15)20(23)26)16-4-2-5-17(22)14-25(13-16)18-11-21(12-18)7-3-8-21/h6,9-10,16-18H,2-5,7-8,11-14H2,1H3,(H2,23,26). The molecule has 0 aromatic carbocycles. The first-order valence-electron chi connectivity index (χ1n) is 10.6. The van der Waals surface area contributed by atoms with Crippen LogP contribution in [0.5, 0.6) is 0 Å². The molecule has 5 nitrogen and oxygen atoms in total. The summed E-state index contributed by atoms with van der Waals surface area (Å²) in [5.74, 6) is 0.470. The topological polar surface area (TPSA) is 68.5 Å². The van der Waals surface area contributed by atoms with Gasteiger partial charge in [0, 0.05) is 44.3 Å². The van der Waals surface area contributed by atoms with Gasteiger partial charge in [0.2, 0.25) is 0 Å². The number of aromatic nitrogens is 1. The van der Waals surface area contributed by atoms with Crippen molar-refractivity contribution in [1.82, 2.24) is 9.88 Å². The van der Waals surface area contributed by atoms with Gasteiger partial charge < -0.3 is 10.5 Å². The van der Waals surface area contributed by atoms with Crippen molar-refractivity contribution in [3.05, 3.63) is 29.6 Å². The molecule has 1 aromatic heterocycles. The molecule has 2 N–H and O–H groups in total. The summed E-state index contributed by atoms with van der Waals surface area (Å²) >= 11 is 0. The fraction of sp³-hybridized carbons (Fsp3) is 0.727. The predicted octanol–water partition coefficient (Wildman–Crippen LogP) is 3.09. The highest BCUT2D eigenvalue weighted by atomic mass is 16.5. The van der Waals surface area contributed by atoms with E-state index in [1.807, 2.05) is 19.2 Å². The normalized spacial score (nSPS) is 35.4. The van der Waals surface area contributed by atoms with Crippen LogP contribution in [0.3, 0.4) is 0 Å². The molecule has 2 heterocycles. The lowest BCUT2D eigenvalue weighted by Crippen LogP contribution is -2.64. The zero-order chi connectivity index (χ0) is 18.6. The van der Waals surface area contributed by atoms with Gasteiger partial charge in [-0.1, -0.05) is 12.8 Å². The van der Waals surface area contributed by atoms with E-state index >= 15 is 0 Å². The molecule has 5 rings (SSSR count). The van der Waals surface area contributed by atoms with Crippen molar-refractivity contribution >= 4 is 5.91 Å². The van der Waals surface area contributed by atoms with Gasteiger partial charge in [-0.3, -0.25) is 14.7 Å². The number of methoxy groups -OCH3 is 1. The summed E-state index contributed by atoms with van der Waals surface area (Å²) in [4.78, 5) is 18.6. The third-order valence-corrected chi connectivity index (χ3v) is 8.30. The van der Waals surface area contributed by atoms with Gasteiger partial charge >= 0.3 is 0 Å². The third kappa shape index (κ3) is 2.58. The number of pyridine rings is 1. The smallest absolute Gasteiger partial charge is 0.267 e. The summed E-state index contributed by atoms with van der Waals surface area (Å²) in [5, 5.41) is 0. The van der Waals surface area contributed by atoms with Gasteiger partial charge in [-0.2, -0.15) is 0 Å². The van der Waals surface area contributed by atoms with E-state index in [0.717, 1.165) is 30.1 Å². The molecule has 5 heteroatoms. The number of likely N-dealkylation sites (tertiary alicyclic amines) is 1. The number of ether oxygens (including phenoxy) is 1. The van der Waals surface area contributed by atoms with Gasteiger partial charge in [0.05, 0.1) is 0 Å². The predicted molar refractivity (Wildman–Crippen MR) is 103 cm³/mol. The fourth-order valence-electron chi connectivity index (χ4n) is 6.78. The van der Waals surface area contributed by atoms with Gasteiger partial charge in [-0.05, 0) is 61.6 Å². The average molecular weight is 370 g/mol. The SMILES string of the molecule is COC1(c2ccnc(C(N)=O)c2)C2CCCC1CN(C1CC3(CCC3)C1)C2. The average Bonchev–Trinajstić information content (AvgIpc) is 2.58. The number of nitrogens with two attached hydrogens (primary N) is 1. The highest BCUT2D eigenvalue weighted by Gasteiger charge is 2.57. The molecule has 27 heavy (non-hydrogen) atoms. The zero-order valence-electron chi connectivity index (χ0n) is 16.3. The molecule has 2 atom stereocenters. The largest absolute Gasteiger partial charge is 0.373 e. The van der Waals surface area contributed by atoms with Crippen LogP contribution in [0.15, 0.2) is 18.3 Å². The highest BCUT2D eigenvalue weighted by molar-refractivity contribution is 5.90. The van der Waals surface area contributed by atoms with Gasteiger partial charge in [0.15, 0.2) is 0 Å². The molecular weight excluding hydrogens is 338 g/mol. The van der Waals surface area contributed by atoms with E-state index in [0.29, 0.717) is 17.5 Å². The van der Waals surface area contributed by atoms with Crippen LogP contribution in [0.25, 0.3) is 0 Å². The van der Waals surface area contributed by atoms with Crippen molar-refractivity contribution in [2.24, 2.45) is 23.0 Å². The van der Waals surface area contributed by atoms with Crippen molar-refractivity contribution < 1.29 is 9.53 Å². The van der Waals surface area contributed by atoms with Crippen molar-refractivity contribution in [2.45, 2.75) is 63.0 Å². The van der Waals surface area contributed by atoms with Crippen molar-refractivity contribution in [2.75, 3.05) is 20.2 Å². The van der Waals surface area contributed by atoms with Crippen molar-refractivity contribution in [3.8, 4) is 0 Å². The van der Waals surface area contributed by atoms with Crippen LogP contribution in [0.4, 0.5) is 0 Å². The van der Waals surface area contributed by atoms with Crippen LogP contribution >= 0.6 is 0 Å². The minimum Gasteiger partial charge on any atom is -0.373 e. The summed E-state index contributed by atoms with van der Waals surface area (Å²) in [6.07, 6.45) is 12.5. The van der Waals surface area contributed by atoms with E-state index in [1.165, 1.54) is 51.4 Å². The molecule has 1 saturated heterocycles. The molecular formula is C22H31N3O2. The zero-order valence-corrected chi connectivity index (χ0v) is 16.3. The van der Waals surface area contributed by atoms with Crippen LogP contribution in [0, 0.1) is 17.3 Å². The molecule has 3 aliphatic carbocycles. The minimum absolute atomic E-state index is 0.306. The molecule has 2 bridgehead atoms. The van der Waals surface area contributed by atoms with Gasteiger partial charge in [-0.15, -0.1) is 0 Å². The number of hydrogen-bond donors (Lipinski definition) is 1. The fourth-order valence-corrected chi connectivity index (χ4v) is 6.78. The molecule has 1 aliphatic heterocycles. The van der Waals surface area contributed by atoms with E-state index in [9.17, 15) is 4.79 Å². The second-order valence-electron chi connectivity index (χ2n) is 9.49. The van der Waals surface area contributed by atoms with Crippen LogP contribution < -0.4 is 5.73 Å². The van der Waals surface area contributed by atoms with Crippen LogP contribution in [0.2, 0.25) is 0 Å². The van der Waals surface area contributed by atoms with Crippen LogP contribution in [0.1, 0.15) is 67.4 Å². The summed E-state index contributed by atoms with van der Waals surface area (Å²) in [6, 6.07) is 4.69. The Hall–Kier alpha value is -1.46. The molecule has 1 spiro atoms. The van der Waals surface area contributed by atoms with E-state index in [1.54, 1.807) is 6.20 Å². The van der Waals surface area contributed by atoms with Gasteiger partial charge in [0.25, 0.3) is 5.91 Å². The Morgan fingerprint density at radius 1 is 1.22 bits per heavy atom. The Balaban J connectivity index is 1.42. The number of hydrogen-bond acceptors (Lipinski definition) is 4. The number of piperidine rings is 1. The molecule has 146 valence electrons. The number of nitrogens with zero attached hydrogens (tertiary/aromatic N) is 2. The maximum absolute atomic E-state index is 11.7. The van der Waals surface area contributed by atoms with E-state index in [2.05, 4.69) is 9.88 Å². The quantitative estimate of drug-likeness (QED) is 0.885. The van der Waals surface area contributed by atoms with Crippen LogP contribution in [-0.2, 0) is 10.3 Å².